The Bertz CT molecular complexity index is 887. The molecule has 0 radical (unpaired) electrons. The van der Waals surface area contributed by atoms with Gasteiger partial charge in [0.05, 0.1) is 30.5 Å². The fraction of sp³-hybridized carbons (Fsp3) is 0.350. The minimum atomic E-state index is -0.818. The number of nitrogens with two attached hydrogens (primary N) is 1. The molecule has 1 aromatic carbocycles. The zero-order valence-electron chi connectivity index (χ0n) is 15.9. The molecule has 2 heterocycles. The molecule has 0 saturated carbocycles. The molecule has 1 fully saturated rings. The van der Waals surface area contributed by atoms with Crippen LogP contribution in [-0.2, 0) is 4.74 Å². The number of benzene rings is 1. The van der Waals surface area contributed by atoms with Crippen LogP contribution in [0.1, 0.15) is 31.1 Å². The van der Waals surface area contributed by atoms with E-state index in [-0.39, 0.29) is 17.8 Å². The van der Waals surface area contributed by atoms with Crippen molar-refractivity contribution >= 4 is 12.0 Å². The van der Waals surface area contributed by atoms with E-state index < -0.39 is 17.3 Å². The van der Waals surface area contributed by atoms with Gasteiger partial charge in [-0.15, -0.1) is 0 Å². The number of halogens is 1. The van der Waals surface area contributed by atoms with Crippen LogP contribution in [0.3, 0.4) is 0 Å². The van der Waals surface area contributed by atoms with Gasteiger partial charge in [0.15, 0.2) is 0 Å². The first-order valence-electron chi connectivity index (χ1n) is 8.83. The zero-order valence-corrected chi connectivity index (χ0v) is 15.9. The van der Waals surface area contributed by atoms with Crippen molar-refractivity contribution in [3.8, 4) is 17.0 Å². The van der Waals surface area contributed by atoms with E-state index in [0.717, 1.165) is 0 Å². The Morgan fingerprint density at radius 2 is 1.93 bits per heavy atom. The number of hydrogen-bond acceptors (Lipinski definition) is 5. The molecule has 2 aromatic rings. The van der Waals surface area contributed by atoms with E-state index in [1.165, 1.54) is 18.3 Å². The van der Waals surface area contributed by atoms with Gasteiger partial charge in [-0.1, -0.05) is 6.07 Å². The molecule has 1 saturated heterocycles. The fourth-order valence-corrected chi connectivity index (χ4v) is 2.68. The van der Waals surface area contributed by atoms with E-state index in [1.807, 2.05) is 20.8 Å². The fourth-order valence-electron chi connectivity index (χ4n) is 2.68. The maximum Gasteiger partial charge on any atom is 0.410 e. The number of primary amides is 1. The first-order valence-corrected chi connectivity index (χ1v) is 8.83. The average Bonchev–Trinajstić information content (AvgIpc) is 2.56. The third-order valence-corrected chi connectivity index (χ3v) is 4.07. The van der Waals surface area contributed by atoms with Crippen molar-refractivity contribution in [1.82, 2.24) is 9.88 Å². The lowest BCUT2D eigenvalue weighted by atomic mass is 10.1. The van der Waals surface area contributed by atoms with Crippen LogP contribution in [-0.4, -0.2) is 46.7 Å². The van der Waals surface area contributed by atoms with E-state index >= 15 is 0 Å². The number of likely N-dealkylation sites (tertiary alicyclic amines) is 1. The molecule has 0 unspecified atom stereocenters. The quantitative estimate of drug-likeness (QED) is 0.870. The topological polar surface area (TPSA) is 94.7 Å². The van der Waals surface area contributed by atoms with Crippen molar-refractivity contribution in [2.24, 2.45) is 5.73 Å². The molecular formula is C20H22FN3O4. The smallest absolute Gasteiger partial charge is 0.410 e. The van der Waals surface area contributed by atoms with Crippen molar-refractivity contribution < 1.29 is 23.5 Å². The summed E-state index contributed by atoms with van der Waals surface area (Å²) in [5.41, 5.74) is 5.47. The summed E-state index contributed by atoms with van der Waals surface area (Å²) in [6.07, 6.45) is 1.04. The van der Waals surface area contributed by atoms with E-state index in [2.05, 4.69) is 4.98 Å². The van der Waals surface area contributed by atoms with Gasteiger partial charge in [-0.3, -0.25) is 9.78 Å². The second-order valence-electron chi connectivity index (χ2n) is 7.56. The van der Waals surface area contributed by atoms with Gasteiger partial charge < -0.3 is 20.1 Å². The van der Waals surface area contributed by atoms with Crippen LogP contribution in [0, 0.1) is 5.82 Å². The second kappa shape index (κ2) is 7.46. The minimum absolute atomic E-state index is 0.132. The summed E-state index contributed by atoms with van der Waals surface area (Å²) in [5.74, 6) is -0.961. The molecule has 148 valence electrons. The largest absolute Gasteiger partial charge is 0.485 e. The second-order valence-corrected chi connectivity index (χ2v) is 7.56. The Morgan fingerprint density at radius 1 is 1.21 bits per heavy atom. The highest BCUT2D eigenvalue weighted by molar-refractivity contribution is 5.93. The Morgan fingerprint density at radius 3 is 2.46 bits per heavy atom. The van der Waals surface area contributed by atoms with Crippen molar-refractivity contribution in [2.75, 3.05) is 13.1 Å². The van der Waals surface area contributed by atoms with E-state index in [0.29, 0.717) is 30.1 Å². The number of hydrogen-bond donors (Lipinski definition) is 1. The van der Waals surface area contributed by atoms with Crippen LogP contribution in [0.2, 0.25) is 0 Å². The monoisotopic (exact) mass is 387 g/mol. The highest BCUT2D eigenvalue weighted by atomic mass is 19.1. The van der Waals surface area contributed by atoms with Crippen LogP contribution in [0.15, 0.2) is 36.5 Å². The lowest BCUT2D eigenvalue weighted by Gasteiger charge is -2.39. The van der Waals surface area contributed by atoms with Crippen LogP contribution in [0.4, 0.5) is 9.18 Å². The molecule has 28 heavy (non-hydrogen) atoms. The van der Waals surface area contributed by atoms with E-state index in [1.54, 1.807) is 23.1 Å². The number of nitrogens with zero attached hydrogens (tertiary/aromatic N) is 2. The molecule has 1 aliphatic rings. The summed E-state index contributed by atoms with van der Waals surface area (Å²) in [7, 11) is 0. The van der Waals surface area contributed by atoms with Crippen molar-refractivity contribution in [1.29, 1.82) is 0 Å². The highest BCUT2D eigenvalue weighted by Crippen LogP contribution is 2.24. The maximum absolute atomic E-state index is 13.9. The summed E-state index contributed by atoms with van der Waals surface area (Å²) >= 11 is 0. The predicted octanol–water partition coefficient (Wildman–Crippen LogP) is 2.98. The lowest BCUT2D eigenvalue weighted by Crippen LogP contribution is -2.57. The summed E-state index contributed by atoms with van der Waals surface area (Å²) in [4.78, 5) is 28.8. The van der Waals surface area contributed by atoms with E-state index in [4.69, 9.17) is 15.2 Å². The highest BCUT2D eigenvalue weighted by Gasteiger charge is 2.35. The number of rotatable bonds is 4. The molecule has 1 aliphatic heterocycles. The minimum Gasteiger partial charge on any atom is -0.485 e. The van der Waals surface area contributed by atoms with Crippen LogP contribution >= 0.6 is 0 Å². The Balaban J connectivity index is 1.57. The van der Waals surface area contributed by atoms with Gasteiger partial charge in [-0.05, 0) is 45.0 Å². The van der Waals surface area contributed by atoms with Gasteiger partial charge in [0.1, 0.15) is 23.3 Å². The SMILES string of the molecule is CC(C)(C)OC(=O)N1CC(Oc2ccc(-c3ccc(C(N)=O)c(F)c3)nc2)C1. The molecule has 3 rings (SSSR count). The summed E-state index contributed by atoms with van der Waals surface area (Å²) in [5, 5.41) is 0. The Kier molecular flexibility index (Phi) is 5.22. The number of carbonyl (C=O) groups is 2. The third-order valence-electron chi connectivity index (χ3n) is 4.07. The van der Waals surface area contributed by atoms with Gasteiger partial charge in [0, 0.05) is 5.56 Å². The zero-order chi connectivity index (χ0) is 20.5. The van der Waals surface area contributed by atoms with E-state index in [9.17, 15) is 14.0 Å². The molecule has 8 heteroatoms. The molecule has 2 amide bonds. The van der Waals surface area contributed by atoms with Crippen LogP contribution in [0.5, 0.6) is 5.75 Å². The van der Waals surface area contributed by atoms with Crippen molar-refractivity contribution in [3.05, 3.63) is 47.9 Å². The van der Waals surface area contributed by atoms with Crippen molar-refractivity contribution in [3.63, 3.8) is 0 Å². The molecule has 2 N–H and O–H groups in total. The number of amides is 2. The summed E-state index contributed by atoms with van der Waals surface area (Å²) in [6.45, 7) is 6.34. The summed E-state index contributed by atoms with van der Waals surface area (Å²) in [6, 6.07) is 7.54. The molecule has 0 bridgehead atoms. The predicted molar refractivity (Wildman–Crippen MR) is 100 cm³/mol. The number of pyridine rings is 1. The van der Waals surface area contributed by atoms with Gasteiger partial charge in [0.2, 0.25) is 0 Å². The van der Waals surface area contributed by atoms with Gasteiger partial charge in [0.25, 0.3) is 5.91 Å². The Labute approximate surface area is 162 Å². The van der Waals surface area contributed by atoms with Gasteiger partial charge in [-0.25, -0.2) is 9.18 Å². The number of ether oxygens (including phenoxy) is 2. The summed E-state index contributed by atoms with van der Waals surface area (Å²) < 4.78 is 25.0. The normalized spacial score (nSPS) is 14.4. The first kappa shape index (κ1) is 19.6. The molecule has 0 spiro atoms. The van der Waals surface area contributed by atoms with Gasteiger partial charge >= 0.3 is 6.09 Å². The Hall–Kier alpha value is -3.16. The molecular weight excluding hydrogens is 365 g/mol. The lowest BCUT2D eigenvalue weighted by molar-refractivity contribution is -0.0222. The number of carbonyl (C=O) groups excluding carboxylic acids is 2. The molecule has 7 nitrogen and oxygen atoms in total. The van der Waals surface area contributed by atoms with Gasteiger partial charge in [-0.2, -0.15) is 0 Å². The maximum atomic E-state index is 13.9. The molecule has 0 atom stereocenters. The third kappa shape index (κ3) is 4.57. The molecule has 1 aromatic heterocycles. The molecule has 0 aliphatic carbocycles. The first-order chi connectivity index (χ1) is 13.1. The number of aromatic nitrogens is 1. The van der Waals surface area contributed by atoms with Crippen molar-refractivity contribution in [2.45, 2.75) is 32.5 Å². The standard InChI is InChI=1S/C20H22FN3O4/c1-20(2,3)28-19(26)24-10-14(11-24)27-13-5-7-17(23-9-13)12-4-6-15(18(22)25)16(21)8-12/h4-9,14H,10-11H2,1-3H3,(H2,22,25). The van der Waals surface area contributed by atoms with Crippen LogP contribution < -0.4 is 10.5 Å². The van der Waals surface area contributed by atoms with Crippen LogP contribution in [0.25, 0.3) is 11.3 Å². The average molecular weight is 387 g/mol.